The van der Waals surface area contributed by atoms with Gasteiger partial charge in [0.25, 0.3) is 0 Å². The van der Waals surface area contributed by atoms with Crippen LogP contribution in [0.15, 0.2) is 58.3 Å². The van der Waals surface area contributed by atoms with Crippen LogP contribution < -0.4 is 4.72 Å². The van der Waals surface area contributed by atoms with Crippen LogP contribution in [0.4, 0.5) is 0 Å². The van der Waals surface area contributed by atoms with E-state index in [9.17, 15) is 8.42 Å². The Kier molecular flexibility index (Phi) is 7.37. The first-order valence-electron chi connectivity index (χ1n) is 8.37. The van der Waals surface area contributed by atoms with Gasteiger partial charge in [-0.05, 0) is 56.2 Å². The minimum atomic E-state index is -3.53. The molecule has 0 saturated carbocycles. The third kappa shape index (κ3) is 5.74. The van der Waals surface area contributed by atoms with Gasteiger partial charge in [0, 0.05) is 21.2 Å². The maximum Gasteiger partial charge on any atom is 0.240 e. The van der Waals surface area contributed by atoms with Gasteiger partial charge in [-0.1, -0.05) is 43.1 Å². The molecule has 6 heteroatoms. The first-order chi connectivity index (χ1) is 11.9. The first kappa shape index (κ1) is 20.3. The molecule has 0 radical (unpaired) electrons. The van der Waals surface area contributed by atoms with Crippen molar-refractivity contribution in [3.8, 4) is 0 Å². The molecule has 1 N–H and O–H groups in total. The molecule has 2 aromatic rings. The fourth-order valence-corrected chi connectivity index (χ4v) is 5.35. The highest BCUT2D eigenvalue weighted by Gasteiger charge is 2.25. The van der Waals surface area contributed by atoms with Crippen molar-refractivity contribution in [3.63, 3.8) is 0 Å². The summed E-state index contributed by atoms with van der Waals surface area (Å²) in [5.74, 6) is 0. The summed E-state index contributed by atoms with van der Waals surface area (Å²) in [5, 5.41) is 0.843. The average Bonchev–Trinajstić information content (AvgIpc) is 2.60. The second kappa shape index (κ2) is 9.08. The van der Waals surface area contributed by atoms with Crippen molar-refractivity contribution in [2.45, 2.75) is 54.7 Å². The number of hydrogen-bond acceptors (Lipinski definition) is 3. The fourth-order valence-electron chi connectivity index (χ4n) is 2.54. The monoisotopic (exact) mass is 397 g/mol. The van der Waals surface area contributed by atoms with E-state index in [1.165, 1.54) is 0 Å². The molecule has 0 amide bonds. The van der Waals surface area contributed by atoms with E-state index in [0.29, 0.717) is 9.92 Å². The Balaban J connectivity index is 2.15. The highest BCUT2D eigenvalue weighted by Crippen LogP contribution is 2.30. The van der Waals surface area contributed by atoms with Crippen LogP contribution in [0, 0.1) is 6.92 Å². The molecule has 0 aliphatic rings. The summed E-state index contributed by atoms with van der Waals surface area (Å²) in [6.45, 7) is 6.03. The minimum absolute atomic E-state index is 0.142. The zero-order valence-corrected chi connectivity index (χ0v) is 17.1. The van der Waals surface area contributed by atoms with E-state index in [2.05, 4.69) is 11.6 Å². The predicted molar refractivity (Wildman–Crippen MR) is 107 cm³/mol. The maximum absolute atomic E-state index is 12.7. The van der Waals surface area contributed by atoms with Gasteiger partial charge in [-0.15, -0.1) is 11.8 Å². The van der Waals surface area contributed by atoms with Crippen LogP contribution in [0.25, 0.3) is 0 Å². The van der Waals surface area contributed by atoms with Gasteiger partial charge in [0.1, 0.15) is 0 Å². The Labute approximate surface area is 160 Å². The fraction of sp³-hybridized carbons (Fsp3) is 0.368. The van der Waals surface area contributed by atoms with Crippen molar-refractivity contribution in [1.82, 2.24) is 4.72 Å². The Morgan fingerprint density at radius 1 is 1.00 bits per heavy atom. The quantitative estimate of drug-likeness (QED) is 0.616. The number of aryl methyl sites for hydroxylation is 1. The van der Waals surface area contributed by atoms with Crippen molar-refractivity contribution in [2.24, 2.45) is 0 Å². The van der Waals surface area contributed by atoms with Gasteiger partial charge in [-0.25, -0.2) is 13.1 Å². The van der Waals surface area contributed by atoms with Gasteiger partial charge in [0.15, 0.2) is 0 Å². The van der Waals surface area contributed by atoms with Crippen LogP contribution in [-0.4, -0.2) is 19.7 Å². The van der Waals surface area contributed by atoms with Crippen molar-refractivity contribution in [3.05, 3.63) is 59.1 Å². The van der Waals surface area contributed by atoms with E-state index in [0.717, 1.165) is 23.3 Å². The molecular weight excluding hydrogens is 374 g/mol. The van der Waals surface area contributed by atoms with Gasteiger partial charge in [-0.3, -0.25) is 0 Å². The predicted octanol–water partition coefficient (Wildman–Crippen LogP) is 5.28. The second-order valence-electron chi connectivity index (χ2n) is 5.97. The SMILES string of the molecule is CC[C@H](Sc1ccc(Cl)cc1)[C@@H](CC)NS(=O)(=O)c1ccc(C)cc1. The van der Waals surface area contributed by atoms with Crippen LogP contribution in [0.5, 0.6) is 0 Å². The third-order valence-corrected chi connectivity index (χ3v) is 7.30. The molecule has 0 saturated heterocycles. The zero-order chi connectivity index (χ0) is 18.4. The molecule has 2 rings (SSSR count). The standard InChI is InChI=1S/C19H24ClNO2S2/c1-4-18(19(5-2)24-16-10-8-15(20)9-11-16)21-25(22,23)17-12-6-14(3)7-13-17/h6-13,18-19,21H,4-5H2,1-3H3/t18-,19+/m1/s1. The summed E-state index contributed by atoms with van der Waals surface area (Å²) in [4.78, 5) is 1.40. The molecule has 2 atom stereocenters. The van der Waals surface area contributed by atoms with E-state index in [1.54, 1.807) is 23.9 Å². The van der Waals surface area contributed by atoms with Gasteiger partial charge in [-0.2, -0.15) is 0 Å². The number of rotatable bonds is 8. The van der Waals surface area contributed by atoms with Crippen LogP contribution >= 0.6 is 23.4 Å². The van der Waals surface area contributed by atoms with Crippen molar-refractivity contribution < 1.29 is 8.42 Å². The van der Waals surface area contributed by atoms with Crippen LogP contribution in [0.2, 0.25) is 5.02 Å². The number of hydrogen-bond donors (Lipinski definition) is 1. The average molecular weight is 398 g/mol. The van der Waals surface area contributed by atoms with Crippen molar-refractivity contribution >= 4 is 33.4 Å². The van der Waals surface area contributed by atoms with Crippen LogP contribution in [0.1, 0.15) is 32.3 Å². The molecule has 0 heterocycles. The highest BCUT2D eigenvalue weighted by molar-refractivity contribution is 8.00. The lowest BCUT2D eigenvalue weighted by atomic mass is 10.1. The molecule has 25 heavy (non-hydrogen) atoms. The summed E-state index contributed by atoms with van der Waals surface area (Å²) >= 11 is 7.62. The lowest BCUT2D eigenvalue weighted by molar-refractivity contribution is 0.521. The number of nitrogens with one attached hydrogen (secondary N) is 1. The summed E-state index contributed by atoms with van der Waals surface area (Å²) in [6, 6.07) is 14.4. The molecule has 0 fully saturated rings. The van der Waals surface area contributed by atoms with Crippen molar-refractivity contribution in [2.75, 3.05) is 0 Å². The smallest absolute Gasteiger partial charge is 0.207 e. The number of sulfonamides is 1. The van der Waals surface area contributed by atoms with Gasteiger partial charge in [0.05, 0.1) is 4.90 Å². The normalized spacial score (nSPS) is 14.2. The lowest BCUT2D eigenvalue weighted by Crippen LogP contribution is -2.41. The maximum atomic E-state index is 12.7. The molecule has 3 nitrogen and oxygen atoms in total. The molecule has 0 bridgehead atoms. The molecular formula is C19H24ClNO2S2. The molecule has 2 aromatic carbocycles. The Morgan fingerprint density at radius 3 is 2.12 bits per heavy atom. The number of benzene rings is 2. The highest BCUT2D eigenvalue weighted by atomic mass is 35.5. The molecule has 0 aliphatic carbocycles. The molecule has 136 valence electrons. The summed E-state index contributed by atoms with van der Waals surface area (Å²) in [7, 11) is -3.53. The van der Waals surface area contributed by atoms with Crippen LogP contribution in [0.3, 0.4) is 0 Å². The Hall–Kier alpha value is -1.01. The summed E-state index contributed by atoms with van der Waals surface area (Å²) in [6.07, 6.45) is 1.59. The summed E-state index contributed by atoms with van der Waals surface area (Å²) < 4.78 is 28.3. The third-order valence-electron chi connectivity index (χ3n) is 4.03. The van der Waals surface area contributed by atoms with Gasteiger partial charge < -0.3 is 0 Å². The van der Waals surface area contributed by atoms with Gasteiger partial charge >= 0.3 is 0 Å². The number of halogens is 1. The van der Waals surface area contributed by atoms with Gasteiger partial charge in [0.2, 0.25) is 10.0 Å². The molecule has 0 aromatic heterocycles. The zero-order valence-electron chi connectivity index (χ0n) is 14.7. The molecule has 0 unspecified atom stereocenters. The van der Waals surface area contributed by atoms with Crippen molar-refractivity contribution in [1.29, 1.82) is 0 Å². The van der Waals surface area contributed by atoms with E-state index in [-0.39, 0.29) is 11.3 Å². The topological polar surface area (TPSA) is 46.2 Å². The lowest BCUT2D eigenvalue weighted by Gasteiger charge is -2.26. The van der Waals surface area contributed by atoms with E-state index >= 15 is 0 Å². The first-order valence-corrected chi connectivity index (χ1v) is 11.1. The molecule has 0 spiro atoms. The number of thioether (sulfide) groups is 1. The Bertz CT molecular complexity index is 774. The minimum Gasteiger partial charge on any atom is -0.207 e. The largest absolute Gasteiger partial charge is 0.240 e. The second-order valence-corrected chi connectivity index (χ2v) is 9.43. The Morgan fingerprint density at radius 2 is 1.60 bits per heavy atom. The van der Waals surface area contributed by atoms with E-state index in [4.69, 9.17) is 11.6 Å². The van der Waals surface area contributed by atoms with E-state index < -0.39 is 10.0 Å². The van der Waals surface area contributed by atoms with Crippen LogP contribution in [-0.2, 0) is 10.0 Å². The summed E-state index contributed by atoms with van der Waals surface area (Å²) in [5.41, 5.74) is 1.04. The van der Waals surface area contributed by atoms with E-state index in [1.807, 2.05) is 50.2 Å². The molecule has 0 aliphatic heterocycles.